The second-order valence-corrected chi connectivity index (χ2v) is 6.05. The fraction of sp³-hybridized carbons (Fsp3) is 0.222. The Morgan fingerprint density at radius 1 is 1.16 bits per heavy atom. The number of rotatable bonds is 3. The third-order valence-corrected chi connectivity index (χ3v) is 4.30. The molecular formula is C18H16FN5O. The zero-order valence-electron chi connectivity index (χ0n) is 13.4. The zero-order chi connectivity index (χ0) is 17.2. The Bertz CT molecular complexity index is 940. The van der Waals surface area contributed by atoms with Crippen LogP contribution < -0.4 is 5.56 Å². The van der Waals surface area contributed by atoms with Crippen LogP contribution in [0.2, 0.25) is 0 Å². The third-order valence-electron chi connectivity index (χ3n) is 4.30. The summed E-state index contributed by atoms with van der Waals surface area (Å²) < 4.78 is 13.0. The molecule has 0 aliphatic carbocycles. The molecule has 1 aliphatic heterocycles. The van der Waals surface area contributed by atoms with Crippen LogP contribution in [0.25, 0.3) is 11.4 Å². The molecule has 0 unspecified atom stereocenters. The lowest BCUT2D eigenvalue weighted by molar-refractivity contribution is 0.242. The zero-order valence-corrected chi connectivity index (χ0v) is 13.4. The van der Waals surface area contributed by atoms with Gasteiger partial charge in [-0.1, -0.05) is 12.1 Å². The SMILES string of the molecule is O=c1[nH]c(-c2cncnc2)nc2c1CN(Cc1ccc(F)cc1)CC2. The number of hydrogen-bond acceptors (Lipinski definition) is 5. The van der Waals surface area contributed by atoms with E-state index in [1.165, 1.54) is 18.5 Å². The molecule has 4 rings (SSSR count). The highest BCUT2D eigenvalue weighted by molar-refractivity contribution is 5.52. The van der Waals surface area contributed by atoms with Gasteiger partial charge >= 0.3 is 0 Å². The van der Waals surface area contributed by atoms with E-state index in [0.717, 1.165) is 17.8 Å². The van der Waals surface area contributed by atoms with Crippen molar-refractivity contribution < 1.29 is 4.39 Å². The maximum atomic E-state index is 13.0. The number of benzene rings is 1. The lowest BCUT2D eigenvalue weighted by atomic mass is 10.1. The quantitative estimate of drug-likeness (QED) is 0.790. The van der Waals surface area contributed by atoms with E-state index in [2.05, 4.69) is 24.8 Å². The molecule has 0 fully saturated rings. The first-order valence-electron chi connectivity index (χ1n) is 8.03. The van der Waals surface area contributed by atoms with Crippen molar-refractivity contribution >= 4 is 0 Å². The second kappa shape index (κ2) is 6.52. The molecule has 1 N–H and O–H groups in total. The van der Waals surface area contributed by atoms with Gasteiger partial charge in [-0.25, -0.2) is 19.3 Å². The maximum Gasteiger partial charge on any atom is 0.255 e. The highest BCUT2D eigenvalue weighted by atomic mass is 19.1. The standard InChI is InChI=1S/C18H16FN5O/c19-14-3-1-12(2-4-14)9-24-6-5-16-15(10-24)18(25)23-17(22-16)13-7-20-11-21-8-13/h1-4,7-8,11H,5-6,9-10H2,(H,22,23,25). The monoisotopic (exact) mass is 337 g/mol. The predicted octanol–water partition coefficient (Wildman–Crippen LogP) is 1.92. The number of halogens is 1. The minimum atomic E-state index is -0.245. The Balaban J connectivity index is 1.57. The van der Waals surface area contributed by atoms with Gasteiger partial charge in [-0.15, -0.1) is 0 Å². The molecule has 25 heavy (non-hydrogen) atoms. The van der Waals surface area contributed by atoms with Crippen molar-refractivity contribution in [1.82, 2.24) is 24.8 Å². The summed E-state index contributed by atoms with van der Waals surface area (Å²) in [5.41, 5.74) is 3.09. The first-order chi connectivity index (χ1) is 12.2. The molecule has 0 amide bonds. The molecule has 0 atom stereocenters. The molecule has 6 nitrogen and oxygen atoms in total. The minimum absolute atomic E-state index is 0.132. The lowest BCUT2D eigenvalue weighted by Gasteiger charge is -2.27. The number of nitrogens with one attached hydrogen (secondary N) is 1. The van der Waals surface area contributed by atoms with Crippen LogP contribution in [0, 0.1) is 5.82 Å². The summed E-state index contributed by atoms with van der Waals surface area (Å²) in [6, 6.07) is 6.45. The van der Waals surface area contributed by atoms with E-state index in [9.17, 15) is 9.18 Å². The smallest absolute Gasteiger partial charge is 0.255 e. The summed E-state index contributed by atoms with van der Waals surface area (Å²) in [7, 11) is 0. The molecule has 0 saturated heterocycles. The van der Waals surface area contributed by atoms with Crippen molar-refractivity contribution in [3.8, 4) is 11.4 Å². The van der Waals surface area contributed by atoms with Crippen molar-refractivity contribution in [2.45, 2.75) is 19.5 Å². The van der Waals surface area contributed by atoms with Crippen molar-refractivity contribution in [3.63, 3.8) is 0 Å². The molecular weight excluding hydrogens is 321 g/mol. The Morgan fingerprint density at radius 2 is 1.92 bits per heavy atom. The topological polar surface area (TPSA) is 74.8 Å². The normalized spacial score (nSPS) is 14.3. The number of nitrogens with zero attached hydrogens (tertiary/aromatic N) is 4. The van der Waals surface area contributed by atoms with Gasteiger partial charge in [0, 0.05) is 38.4 Å². The van der Waals surface area contributed by atoms with Crippen LogP contribution in [0.3, 0.4) is 0 Å². The molecule has 7 heteroatoms. The summed E-state index contributed by atoms with van der Waals surface area (Å²) in [5, 5.41) is 0. The molecule has 3 heterocycles. The van der Waals surface area contributed by atoms with Crippen LogP contribution in [0.15, 0.2) is 47.8 Å². The van der Waals surface area contributed by atoms with E-state index in [-0.39, 0.29) is 11.4 Å². The van der Waals surface area contributed by atoms with Gasteiger partial charge in [-0.3, -0.25) is 9.69 Å². The largest absolute Gasteiger partial charge is 0.306 e. The van der Waals surface area contributed by atoms with Crippen LogP contribution in [0.4, 0.5) is 4.39 Å². The Morgan fingerprint density at radius 3 is 2.68 bits per heavy atom. The van der Waals surface area contributed by atoms with Crippen LogP contribution in [-0.2, 0) is 19.5 Å². The van der Waals surface area contributed by atoms with Gasteiger partial charge in [0.1, 0.15) is 18.0 Å². The molecule has 1 aliphatic rings. The van der Waals surface area contributed by atoms with Gasteiger partial charge in [-0.2, -0.15) is 0 Å². The molecule has 0 spiro atoms. The van der Waals surface area contributed by atoms with Gasteiger partial charge in [0.2, 0.25) is 0 Å². The van der Waals surface area contributed by atoms with E-state index >= 15 is 0 Å². The van der Waals surface area contributed by atoms with Crippen LogP contribution in [-0.4, -0.2) is 31.4 Å². The number of aromatic nitrogens is 4. The van der Waals surface area contributed by atoms with E-state index in [4.69, 9.17) is 0 Å². The molecule has 3 aromatic rings. The van der Waals surface area contributed by atoms with Gasteiger partial charge in [0.25, 0.3) is 5.56 Å². The molecule has 0 bridgehead atoms. The highest BCUT2D eigenvalue weighted by Gasteiger charge is 2.21. The summed E-state index contributed by atoms with van der Waals surface area (Å²) in [4.78, 5) is 30.0. The number of hydrogen-bond donors (Lipinski definition) is 1. The van der Waals surface area contributed by atoms with E-state index in [1.807, 2.05) is 0 Å². The lowest BCUT2D eigenvalue weighted by Crippen LogP contribution is -2.35. The average Bonchev–Trinajstić information content (AvgIpc) is 2.65. The summed E-state index contributed by atoms with van der Waals surface area (Å²) in [6.07, 6.45) is 5.39. The fourth-order valence-electron chi connectivity index (χ4n) is 3.02. The van der Waals surface area contributed by atoms with Gasteiger partial charge in [0.15, 0.2) is 0 Å². The molecule has 1 aromatic carbocycles. The van der Waals surface area contributed by atoms with Crippen LogP contribution in [0.5, 0.6) is 0 Å². The minimum Gasteiger partial charge on any atom is -0.306 e. The summed E-state index contributed by atoms with van der Waals surface area (Å²) in [5.74, 6) is 0.252. The van der Waals surface area contributed by atoms with Crippen molar-refractivity contribution in [2.24, 2.45) is 0 Å². The number of aromatic amines is 1. The highest BCUT2D eigenvalue weighted by Crippen LogP contribution is 2.19. The van der Waals surface area contributed by atoms with E-state index in [0.29, 0.717) is 36.5 Å². The predicted molar refractivity (Wildman–Crippen MR) is 90.1 cm³/mol. The van der Waals surface area contributed by atoms with Gasteiger partial charge in [0.05, 0.1) is 16.8 Å². The van der Waals surface area contributed by atoms with Crippen molar-refractivity contribution in [3.05, 3.63) is 76.0 Å². The van der Waals surface area contributed by atoms with Crippen molar-refractivity contribution in [1.29, 1.82) is 0 Å². The summed E-state index contributed by atoms with van der Waals surface area (Å²) >= 11 is 0. The summed E-state index contributed by atoms with van der Waals surface area (Å²) in [6.45, 7) is 2.00. The molecule has 2 aromatic heterocycles. The first kappa shape index (κ1) is 15.6. The number of H-pyrrole nitrogens is 1. The van der Waals surface area contributed by atoms with Gasteiger partial charge in [-0.05, 0) is 17.7 Å². The van der Waals surface area contributed by atoms with Crippen LogP contribution >= 0.6 is 0 Å². The van der Waals surface area contributed by atoms with E-state index < -0.39 is 0 Å². The Hall–Kier alpha value is -2.93. The van der Waals surface area contributed by atoms with Crippen molar-refractivity contribution in [2.75, 3.05) is 6.54 Å². The fourth-order valence-corrected chi connectivity index (χ4v) is 3.02. The first-order valence-corrected chi connectivity index (χ1v) is 8.03. The molecule has 0 saturated carbocycles. The van der Waals surface area contributed by atoms with Gasteiger partial charge < -0.3 is 4.98 Å². The third kappa shape index (κ3) is 3.32. The Kier molecular flexibility index (Phi) is 4.07. The Labute approximate surface area is 143 Å². The second-order valence-electron chi connectivity index (χ2n) is 6.05. The van der Waals surface area contributed by atoms with Crippen LogP contribution in [0.1, 0.15) is 16.8 Å². The number of fused-ring (bicyclic) bond motifs is 1. The maximum absolute atomic E-state index is 13.0. The average molecular weight is 337 g/mol. The molecule has 0 radical (unpaired) electrons. The van der Waals surface area contributed by atoms with E-state index in [1.54, 1.807) is 24.5 Å². The molecule has 126 valence electrons.